The molecule has 152 valence electrons. The minimum absolute atomic E-state index is 0.112. The first-order chi connectivity index (χ1) is 13.5. The SMILES string of the molecule is C[C@H]1CCCN(C(=O)COC(=O)C2CCN(C(=O)Nc3ccccc3)CC2)C1. The summed E-state index contributed by atoms with van der Waals surface area (Å²) in [5.74, 6) is -0.199. The average Bonchev–Trinajstić information content (AvgIpc) is 2.72. The summed E-state index contributed by atoms with van der Waals surface area (Å²) in [6.45, 7) is 4.43. The number of amides is 3. The molecule has 2 fully saturated rings. The maximum absolute atomic E-state index is 12.3. The molecule has 1 aromatic carbocycles. The van der Waals surface area contributed by atoms with E-state index in [1.54, 1.807) is 9.80 Å². The highest BCUT2D eigenvalue weighted by Crippen LogP contribution is 2.20. The third-order valence-corrected chi connectivity index (χ3v) is 5.49. The molecule has 0 bridgehead atoms. The van der Waals surface area contributed by atoms with E-state index >= 15 is 0 Å². The first-order valence-electron chi connectivity index (χ1n) is 10.1. The first kappa shape index (κ1) is 20.2. The molecule has 0 saturated carbocycles. The van der Waals surface area contributed by atoms with Gasteiger partial charge in [-0.1, -0.05) is 25.1 Å². The maximum Gasteiger partial charge on any atom is 0.321 e. The van der Waals surface area contributed by atoms with Crippen molar-refractivity contribution in [1.29, 1.82) is 0 Å². The van der Waals surface area contributed by atoms with Crippen molar-refractivity contribution >= 4 is 23.6 Å². The molecule has 28 heavy (non-hydrogen) atoms. The summed E-state index contributed by atoms with van der Waals surface area (Å²) in [5.41, 5.74) is 0.750. The van der Waals surface area contributed by atoms with E-state index in [1.165, 1.54) is 0 Å². The van der Waals surface area contributed by atoms with Crippen LogP contribution in [0.1, 0.15) is 32.6 Å². The van der Waals surface area contributed by atoms with E-state index in [-0.39, 0.29) is 30.4 Å². The molecule has 0 spiro atoms. The van der Waals surface area contributed by atoms with Crippen molar-refractivity contribution in [3.63, 3.8) is 0 Å². The number of nitrogens with one attached hydrogen (secondary N) is 1. The van der Waals surface area contributed by atoms with Gasteiger partial charge in [0.15, 0.2) is 6.61 Å². The number of nitrogens with zero attached hydrogens (tertiary/aromatic N) is 2. The summed E-state index contributed by atoms with van der Waals surface area (Å²) < 4.78 is 5.27. The van der Waals surface area contributed by atoms with Crippen LogP contribution in [0.25, 0.3) is 0 Å². The highest BCUT2D eigenvalue weighted by Gasteiger charge is 2.29. The molecule has 0 unspecified atom stereocenters. The number of piperidine rings is 2. The van der Waals surface area contributed by atoms with Gasteiger partial charge in [-0.2, -0.15) is 0 Å². The Morgan fingerprint density at radius 3 is 2.43 bits per heavy atom. The highest BCUT2D eigenvalue weighted by molar-refractivity contribution is 5.89. The van der Waals surface area contributed by atoms with E-state index in [9.17, 15) is 14.4 Å². The molecule has 1 N–H and O–H groups in total. The van der Waals surface area contributed by atoms with Crippen LogP contribution in [0.5, 0.6) is 0 Å². The summed E-state index contributed by atoms with van der Waals surface area (Å²) in [7, 11) is 0. The molecule has 7 heteroatoms. The van der Waals surface area contributed by atoms with Crippen molar-refractivity contribution in [3.8, 4) is 0 Å². The van der Waals surface area contributed by atoms with E-state index in [0.29, 0.717) is 31.8 Å². The summed E-state index contributed by atoms with van der Waals surface area (Å²) in [6, 6.07) is 9.13. The fourth-order valence-electron chi connectivity index (χ4n) is 3.80. The zero-order valence-corrected chi connectivity index (χ0v) is 16.4. The summed E-state index contributed by atoms with van der Waals surface area (Å²) in [6.07, 6.45) is 3.25. The number of carbonyl (C=O) groups is 3. The molecule has 1 atom stereocenters. The smallest absolute Gasteiger partial charge is 0.321 e. The van der Waals surface area contributed by atoms with Crippen LogP contribution in [0.15, 0.2) is 30.3 Å². The summed E-state index contributed by atoms with van der Waals surface area (Å²) in [5, 5.41) is 2.86. The van der Waals surface area contributed by atoms with Crippen LogP contribution >= 0.6 is 0 Å². The van der Waals surface area contributed by atoms with Crippen molar-refractivity contribution in [2.45, 2.75) is 32.6 Å². The van der Waals surface area contributed by atoms with Gasteiger partial charge in [0.2, 0.25) is 0 Å². The van der Waals surface area contributed by atoms with Crippen LogP contribution in [0, 0.1) is 11.8 Å². The Labute approximate surface area is 166 Å². The molecule has 0 radical (unpaired) electrons. The lowest BCUT2D eigenvalue weighted by Crippen LogP contribution is -2.44. The van der Waals surface area contributed by atoms with Gasteiger partial charge >= 0.3 is 12.0 Å². The molecule has 0 aliphatic carbocycles. The predicted molar refractivity (Wildman–Crippen MR) is 106 cm³/mol. The second-order valence-electron chi connectivity index (χ2n) is 7.75. The molecule has 2 aliphatic heterocycles. The number of hydrogen-bond donors (Lipinski definition) is 1. The monoisotopic (exact) mass is 387 g/mol. The summed E-state index contributed by atoms with van der Waals surface area (Å²) in [4.78, 5) is 40.3. The van der Waals surface area contributed by atoms with Crippen LogP contribution in [-0.4, -0.2) is 60.5 Å². The summed E-state index contributed by atoms with van der Waals surface area (Å²) >= 11 is 0. The molecule has 3 rings (SSSR count). The van der Waals surface area contributed by atoms with Gasteiger partial charge < -0.3 is 19.9 Å². The number of ether oxygens (including phenoxy) is 1. The van der Waals surface area contributed by atoms with Gasteiger partial charge in [0.25, 0.3) is 5.91 Å². The van der Waals surface area contributed by atoms with E-state index in [0.717, 1.165) is 31.6 Å². The predicted octanol–water partition coefficient (Wildman–Crippen LogP) is 2.73. The lowest BCUT2D eigenvalue weighted by Gasteiger charge is -2.32. The molecular formula is C21H29N3O4. The normalized spacial score (nSPS) is 20.5. The third-order valence-electron chi connectivity index (χ3n) is 5.49. The number of hydrogen-bond acceptors (Lipinski definition) is 4. The van der Waals surface area contributed by atoms with Crippen molar-refractivity contribution in [2.24, 2.45) is 11.8 Å². The molecule has 7 nitrogen and oxygen atoms in total. The number of carbonyl (C=O) groups excluding carboxylic acids is 3. The van der Waals surface area contributed by atoms with E-state index in [2.05, 4.69) is 12.2 Å². The molecule has 2 aliphatic rings. The number of esters is 1. The van der Waals surface area contributed by atoms with Gasteiger partial charge in [-0.3, -0.25) is 9.59 Å². The fourth-order valence-corrected chi connectivity index (χ4v) is 3.80. The van der Waals surface area contributed by atoms with Crippen molar-refractivity contribution in [3.05, 3.63) is 30.3 Å². The van der Waals surface area contributed by atoms with Gasteiger partial charge in [-0.25, -0.2) is 4.79 Å². The number of urea groups is 1. The Kier molecular flexibility index (Phi) is 6.90. The highest BCUT2D eigenvalue weighted by atomic mass is 16.5. The van der Waals surface area contributed by atoms with E-state index in [4.69, 9.17) is 4.74 Å². The second kappa shape index (κ2) is 9.57. The minimum atomic E-state index is -0.332. The van der Waals surface area contributed by atoms with E-state index < -0.39 is 0 Å². The van der Waals surface area contributed by atoms with Crippen LogP contribution in [0.3, 0.4) is 0 Å². The zero-order chi connectivity index (χ0) is 19.9. The van der Waals surface area contributed by atoms with Gasteiger partial charge in [0, 0.05) is 31.9 Å². The lowest BCUT2D eigenvalue weighted by atomic mass is 9.97. The minimum Gasteiger partial charge on any atom is -0.455 e. The van der Waals surface area contributed by atoms with Gasteiger partial charge in [0.05, 0.1) is 5.92 Å². The quantitative estimate of drug-likeness (QED) is 0.806. The van der Waals surface area contributed by atoms with Crippen LogP contribution in [-0.2, 0) is 14.3 Å². The fraction of sp³-hybridized carbons (Fsp3) is 0.571. The third kappa shape index (κ3) is 5.47. The van der Waals surface area contributed by atoms with E-state index in [1.807, 2.05) is 30.3 Å². The molecule has 0 aromatic heterocycles. The molecule has 2 heterocycles. The Balaban J connectivity index is 1.38. The standard InChI is InChI=1S/C21H29N3O4/c1-16-6-5-11-24(14-16)19(25)15-28-20(26)17-9-12-23(13-10-17)21(27)22-18-7-3-2-4-8-18/h2-4,7-8,16-17H,5-6,9-15H2,1H3,(H,22,27)/t16-/m0/s1. The largest absolute Gasteiger partial charge is 0.455 e. The number of benzene rings is 1. The van der Waals surface area contributed by atoms with Crippen molar-refractivity contribution < 1.29 is 19.1 Å². The number of para-hydroxylation sites is 1. The Morgan fingerprint density at radius 2 is 1.75 bits per heavy atom. The van der Waals surface area contributed by atoms with Crippen molar-refractivity contribution in [2.75, 3.05) is 38.1 Å². The molecule has 2 saturated heterocycles. The Morgan fingerprint density at radius 1 is 1.04 bits per heavy atom. The Hall–Kier alpha value is -2.57. The zero-order valence-electron chi connectivity index (χ0n) is 16.4. The van der Waals surface area contributed by atoms with Crippen LogP contribution < -0.4 is 5.32 Å². The average molecular weight is 387 g/mol. The topological polar surface area (TPSA) is 79.0 Å². The number of anilines is 1. The molecule has 3 amide bonds. The first-order valence-corrected chi connectivity index (χ1v) is 10.1. The molecular weight excluding hydrogens is 358 g/mol. The van der Waals surface area contributed by atoms with Gasteiger partial charge in [-0.15, -0.1) is 0 Å². The second-order valence-corrected chi connectivity index (χ2v) is 7.75. The Bertz CT molecular complexity index is 686. The maximum atomic E-state index is 12.3. The van der Waals surface area contributed by atoms with Gasteiger partial charge in [0.1, 0.15) is 0 Å². The number of likely N-dealkylation sites (tertiary alicyclic amines) is 2. The van der Waals surface area contributed by atoms with Crippen LogP contribution in [0.4, 0.5) is 10.5 Å². The lowest BCUT2D eigenvalue weighted by molar-refractivity contribution is -0.157. The molecule has 1 aromatic rings. The number of rotatable bonds is 4. The van der Waals surface area contributed by atoms with Crippen LogP contribution in [0.2, 0.25) is 0 Å². The van der Waals surface area contributed by atoms with Gasteiger partial charge in [-0.05, 0) is 43.7 Å². The van der Waals surface area contributed by atoms with Crippen molar-refractivity contribution in [1.82, 2.24) is 9.80 Å².